The first-order chi connectivity index (χ1) is 9.19. The smallest absolute Gasteiger partial charge is 0.161 e. The van der Waals surface area contributed by atoms with Crippen LogP contribution in [0.2, 0.25) is 0 Å². The fraction of sp³-hybridized carbons (Fsp3) is 0.800. The standard InChI is InChI=1S/C15H29N3O/c1-5-8-12(9-6-2)14(16)15-13(19-4)11-17-18(15)10-7-3/h11-12,14H,5-10,16H2,1-4H3. The van der Waals surface area contributed by atoms with Crippen LogP contribution in [0, 0.1) is 5.92 Å². The van der Waals surface area contributed by atoms with Gasteiger partial charge in [0.25, 0.3) is 0 Å². The Hall–Kier alpha value is -1.03. The van der Waals surface area contributed by atoms with Crippen molar-refractivity contribution in [2.45, 2.75) is 65.5 Å². The lowest BCUT2D eigenvalue weighted by atomic mass is 9.89. The minimum Gasteiger partial charge on any atom is -0.493 e. The van der Waals surface area contributed by atoms with Crippen molar-refractivity contribution in [2.75, 3.05) is 7.11 Å². The maximum Gasteiger partial charge on any atom is 0.161 e. The molecule has 4 heteroatoms. The van der Waals surface area contributed by atoms with Gasteiger partial charge in [0.2, 0.25) is 0 Å². The van der Waals surface area contributed by atoms with Crippen LogP contribution < -0.4 is 10.5 Å². The third-order valence-corrected chi connectivity index (χ3v) is 3.64. The lowest BCUT2D eigenvalue weighted by molar-refractivity contribution is 0.333. The summed E-state index contributed by atoms with van der Waals surface area (Å²) in [7, 11) is 1.69. The quantitative estimate of drug-likeness (QED) is 0.745. The van der Waals surface area contributed by atoms with Crippen molar-refractivity contribution in [1.82, 2.24) is 9.78 Å². The van der Waals surface area contributed by atoms with Crippen molar-refractivity contribution in [1.29, 1.82) is 0 Å². The number of aryl methyl sites for hydroxylation is 1. The van der Waals surface area contributed by atoms with E-state index in [1.165, 1.54) is 12.8 Å². The molecule has 1 aromatic rings. The molecule has 0 fully saturated rings. The Morgan fingerprint density at radius 3 is 2.32 bits per heavy atom. The van der Waals surface area contributed by atoms with Gasteiger partial charge in [-0.2, -0.15) is 5.10 Å². The molecule has 0 saturated heterocycles. The zero-order valence-corrected chi connectivity index (χ0v) is 12.9. The second kappa shape index (κ2) is 8.20. The van der Waals surface area contributed by atoms with Gasteiger partial charge >= 0.3 is 0 Å². The average Bonchev–Trinajstić information content (AvgIpc) is 2.81. The van der Waals surface area contributed by atoms with Gasteiger partial charge in [0.15, 0.2) is 5.75 Å². The second-order valence-corrected chi connectivity index (χ2v) is 5.18. The lowest BCUT2D eigenvalue weighted by Crippen LogP contribution is -2.25. The maximum absolute atomic E-state index is 6.52. The van der Waals surface area contributed by atoms with E-state index in [0.717, 1.165) is 37.3 Å². The summed E-state index contributed by atoms with van der Waals surface area (Å²) in [6.45, 7) is 7.49. The molecule has 1 heterocycles. The number of rotatable bonds is 9. The average molecular weight is 267 g/mol. The summed E-state index contributed by atoms with van der Waals surface area (Å²) in [6, 6.07) is 0.0175. The number of hydrogen-bond donors (Lipinski definition) is 1. The van der Waals surface area contributed by atoms with E-state index in [9.17, 15) is 0 Å². The molecule has 0 aliphatic carbocycles. The van der Waals surface area contributed by atoms with Gasteiger partial charge in [-0.3, -0.25) is 4.68 Å². The van der Waals surface area contributed by atoms with Crippen LogP contribution in [-0.4, -0.2) is 16.9 Å². The van der Waals surface area contributed by atoms with Gasteiger partial charge in [0.05, 0.1) is 25.0 Å². The van der Waals surface area contributed by atoms with E-state index >= 15 is 0 Å². The Morgan fingerprint density at radius 1 is 1.21 bits per heavy atom. The zero-order valence-electron chi connectivity index (χ0n) is 12.9. The summed E-state index contributed by atoms with van der Waals surface area (Å²) < 4.78 is 7.45. The van der Waals surface area contributed by atoms with Crippen molar-refractivity contribution in [3.8, 4) is 5.75 Å². The van der Waals surface area contributed by atoms with E-state index in [2.05, 4.69) is 25.9 Å². The molecule has 0 aliphatic heterocycles. The topological polar surface area (TPSA) is 53.1 Å². The van der Waals surface area contributed by atoms with Crippen molar-refractivity contribution in [3.63, 3.8) is 0 Å². The van der Waals surface area contributed by atoms with E-state index in [1.807, 2.05) is 4.68 Å². The molecule has 0 aliphatic rings. The Balaban J connectivity index is 2.99. The van der Waals surface area contributed by atoms with Crippen LogP contribution in [0.25, 0.3) is 0 Å². The molecule has 1 aromatic heterocycles. The van der Waals surface area contributed by atoms with Crippen molar-refractivity contribution in [2.24, 2.45) is 11.7 Å². The molecule has 0 radical (unpaired) electrons. The fourth-order valence-electron chi connectivity index (χ4n) is 2.73. The highest BCUT2D eigenvalue weighted by molar-refractivity contribution is 5.28. The number of ether oxygens (including phenoxy) is 1. The predicted octanol–water partition coefficient (Wildman–Crippen LogP) is 3.52. The highest BCUT2D eigenvalue weighted by Crippen LogP contribution is 2.33. The molecule has 0 spiro atoms. The minimum absolute atomic E-state index is 0.0175. The lowest BCUT2D eigenvalue weighted by Gasteiger charge is -2.24. The summed E-state index contributed by atoms with van der Waals surface area (Å²) in [5, 5.41) is 4.41. The first-order valence-corrected chi connectivity index (χ1v) is 7.54. The minimum atomic E-state index is 0.0175. The summed E-state index contributed by atoms with van der Waals surface area (Å²) in [6.07, 6.45) is 7.51. The van der Waals surface area contributed by atoms with Crippen molar-refractivity contribution < 1.29 is 4.74 Å². The predicted molar refractivity (Wildman–Crippen MR) is 79.3 cm³/mol. The van der Waals surface area contributed by atoms with Crippen molar-refractivity contribution in [3.05, 3.63) is 11.9 Å². The van der Waals surface area contributed by atoms with E-state index in [0.29, 0.717) is 5.92 Å². The van der Waals surface area contributed by atoms with E-state index in [-0.39, 0.29) is 6.04 Å². The molecule has 1 rings (SSSR count). The highest BCUT2D eigenvalue weighted by atomic mass is 16.5. The SMILES string of the molecule is CCCC(CCC)C(N)c1c(OC)cnn1CCC. The molecule has 0 saturated carbocycles. The molecule has 1 unspecified atom stereocenters. The van der Waals surface area contributed by atoms with Crippen LogP contribution in [0.1, 0.15) is 64.6 Å². The summed E-state index contributed by atoms with van der Waals surface area (Å²) >= 11 is 0. The number of hydrogen-bond acceptors (Lipinski definition) is 3. The molecule has 19 heavy (non-hydrogen) atoms. The molecule has 0 amide bonds. The summed E-state index contributed by atoms with van der Waals surface area (Å²) in [5.74, 6) is 1.34. The molecule has 4 nitrogen and oxygen atoms in total. The third kappa shape index (κ3) is 3.96. The van der Waals surface area contributed by atoms with Crippen LogP contribution in [-0.2, 0) is 6.54 Å². The number of methoxy groups -OCH3 is 1. The first kappa shape index (κ1) is 16.0. The number of nitrogens with zero attached hydrogens (tertiary/aromatic N) is 2. The van der Waals surface area contributed by atoms with Gasteiger partial charge in [-0.25, -0.2) is 0 Å². The maximum atomic E-state index is 6.52. The summed E-state index contributed by atoms with van der Waals surface area (Å²) in [4.78, 5) is 0. The molecule has 0 aromatic carbocycles. The number of aromatic nitrogens is 2. The number of nitrogens with two attached hydrogens (primary N) is 1. The Bertz CT molecular complexity index is 356. The van der Waals surface area contributed by atoms with E-state index < -0.39 is 0 Å². The Kier molecular flexibility index (Phi) is 6.92. The van der Waals surface area contributed by atoms with Gasteiger partial charge in [0.1, 0.15) is 0 Å². The monoisotopic (exact) mass is 267 g/mol. The molecule has 0 bridgehead atoms. The largest absolute Gasteiger partial charge is 0.493 e. The van der Waals surface area contributed by atoms with Crippen molar-refractivity contribution >= 4 is 0 Å². The fourth-order valence-corrected chi connectivity index (χ4v) is 2.73. The van der Waals surface area contributed by atoms with Crippen LogP contribution in [0.5, 0.6) is 5.75 Å². The molecule has 2 N–H and O–H groups in total. The molecular formula is C15H29N3O. The van der Waals surface area contributed by atoms with Gasteiger partial charge < -0.3 is 10.5 Å². The van der Waals surface area contributed by atoms with Gasteiger partial charge in [0, 0.05) is 6.54 Å². The van der Waals surface area contributed by atoms with E-state index in [4.69, 9.17) is 10.5 Å². The Morgan fingerprint density at radius 2 is 1.84 bits per heavy atom. The van der Waals surface area contributed by atoms with Crippen LogP contribution in [0.15, 0.2) is 6.20 Å². The van der Waals surface area contributed by atoms with Gasteiger partial charge in [-0.1, -0.05) is 33.6 Å². The Labute approximate surface area is 117 Å². The van der Waals surface area contributed by atoms with E-state index in [1.54, 1.807) is 13.3 Å². The summed E-state index contributed by atoms with van der Waals surface area (Å²) in [5.41, 5.74) is 7.59. The zero-order chi connectivity index (χ0) is 14.3. The molecule has 110 valence electrons. The highest BCUT2D eigenvalue weighted by Gasteiger charge is 2.25. The van der Waals surface area contributed by atoms with Crippen LogP contribution >= 0.6 is 0 Å². The van der Waals surface area contributed by atoms with Crippen LogP contribution in [0.4, 0.5) is 0 Å². The van der Waals surface area contributed by atoms with Crippen LogP contribution in [0.3, 0.4) is 0 Å². The van der Waals surface area contributed by atoms with Gasteiger partial charge in [-0.05, 0) is 25.2 Å². The molecule has 1 atom stereocenters. The normalized spacial score (nSPS) is 12.9. The third-order valence-electron chi connectivity index (χ3n) is 3.64. The molecular weight excluding hydrogens is 238 g/mol. The van der Waals surface area contributed by atoms with Gasteiger partial charge in [-0.15, -0.1) is 0 Å². The second-order valence-electron chi connectivity index (χ2n) is 5.18. The first-order valence-electron chi connectivity index (χ1n) is 7.54.